The van der Waals surface area contributed by atoms with Gasteiger partial charge in [0.1, 0.15) is 0 Å². The number of carbonyl (C=O) groups is 1. The van der Waals surface area contributed by atoms with Crippen molar-refractivity contribution in [1.82, 2.24) is 5.43 Å². The standard InChI is InChI=1S/C9H11N3O5/c1-16-8-5-6(10-11-9(13)17-2)3-4-7(8)12(14)15/h3-5,10H,1-2H3,(H,11,13). The predicted octanol–water partition coefficient (Wildman–Crippen LogP) is 1.29. The minimum absolute atomic E-state index is 0.0895. The van der Waals surface area contributed by atoms with Crippen LogP contribution in [0.5, 0.6) is 5.75 Å². The molecular formula is C9H11N3O5. The Balaban J connectivity index is 2.82. The van der Waals surface area contributed by atoms with Gasteiger partial charge in [-0.05, 0) is 6.07 Å². The van der Waals surface area contributed by atoms with Crippen molar-refractivity contribution >= 4 is 17.5 Å². The van der Waals surface area contributed by atoms with Gasteiger partial charge in [-0.15, -0.1) is 0 Å². The summed E-state index contributed by atoms with van der Waals surface area (Å²) in [5.74, 6) is 0.0895. The summed E-state index contributed by atoms with van der Waals surface area (Å²) in [6, 6.07) is 4.07. The lowest BCUT2D eigenvalue weighted by Gasteiger charge is -2.08. The van der Waals surface area contributed by atoms with Crippen LogP contribution in [0.25, 0.3) is 0 Å². The van der Waals surface area contributed by atoms with Crippen molar-refractivity contribution in [2.45, 2.75) is 0 Å². The molecule has 1 rings (SSSR count). The van der Waals surface area contributed by atoms with Gasteiger partial charge in [0.05, 0.1) is 24.8 Å². The number of hydrogen-bond donors (Lipinski definition) is 2. The molecule has 8 nitrogen and oxygen atoms in total. The summed E-state index contributed by atoms with van der Waals surface area (Å²) in [5.41, 5.74) is 4.99. The number of rotatable bonds is 4. The molecule has 1 aromatic carbocycles. The number of nitrogens with zero attached hydrogens (tertiary/aromatic N) is 1. The number of nitrogens with one attached hydrogen (secondary N) is 2. The van der Waals surface area contributed by atoms with E-state index in [0.717, 1.165) is 0 Å². The third-order valence-corrected chi connectivity index (χ3v) is 1.87. The Kier molecular flexibility index (Phi) is 4.09. The van der Waals surface area contributed by atoms with E-state index in [4.69, 9.17) is 4.74 Å². The molecule has 0 saturated carbocycles. The highest BCUT2D eigenvalue weighted by Gasteiger charge is 2.14. The van der Waals surface area contributed by atoms with Crippen LogP contribution in [0.4, 0.5) is 16.2 Å². The van der Waals surface area contributed by atoms with Gasteiger partial charge in [-0.1, -0.05) is 0 Å². The Morgan fingerprint density at radius 2 is 2.12 bits per heavy atom. The van der Waals surface area contributed by atoms with E-state index in [1.807, 2.05) is 0 Å². The van der Waals surface area contributed by atoms with E-state index in [9.17, 15) is 14.9 Å². The van der Waals surface area contributed by atoms with Gasteiger partial charge in [-0.25, -0.2) is 10.2 Å². The lowest BCUT2D eigenvalue weighted by atomic mass is 10.2. The summed E-state index contributed by atoms with van der Waals surface area (Å²) in [7, 11) is 2.54. The molecule has 0 unspecified atom stereocenters. The van der Waals surface area contributed by atoms with Crippen molar-refractivity contribution < 1.29 is 19.2 Å². The maximum Gasteiger partial charge on any atom is 0.425 e. The Hall–Kier alpha value is -2.51. The summed E-state index contributed by atoms with van der Waals surface area (Å²) in [6.07, 6.45) is -0.678. The fourth-order valence-corrected chi connectivity index (χ4v) is 1.08. The highest BCUT2D eigenvalue weighted by atomic mass is 16.6. The molecule has 0 aliphatic heterocycles. The molecule has 0 aliphatic rings. The Labute approximate surface area is 96.6 Å². The SMILES string of the molecule is COC(=O)NNc1ccc([N+](=O)[O-])c(OC)c1. The second-order valence-corrected chi connectivity index (χ2v) is 2.89. The first-order chi connectivity index (χ1) is 8.08. The van der Waals surface area contributed by atoms with Crippen LogP contribution in [0.15, 0.2) is 18.2 Å². The average Bonchev–Trinajstić information content (AvgIpc) is 2.35. The number of methoxy groups -OCH3 is 2. The number of hydrogen-bond acceptors (Lipinski definition) is 6. The van der Waals surface area contributed by atoms with E-state index >= 15 is 0 Å². The van der Waals surface area contributed by atoms with Gasteiger partial charge in [0.15, 0.2) is 5.75 Å². The molecule has 0 saturated heterocycles. The number of nitro benzene ring substituents is 1. The summed E-state index contributed by atoms with van der Waals surface area (Å²) in [4.78, 5) is 20.8. The number of hydrazine groups is 1. The molecule has 0 fully saturated rings. The highest BCUT2D eigenvalue weighted by Crippen LogP contribution is 2.29. The number of benzene rings is 1. The van der Waals surface area contributed by atoms with E-state index in [0.29, 0.717) is 5.69 Å². The Morgan fingerprint density at radius 1 is 1.41 bits per heavy atom. The topological polar surface area (TPSA) is 103 Å². The van der Waals surface area contributed by atoms with Crippen LogP contribution in [0, 0.1) is 10.1 Å². The lowest BCUT2D eigenvalue weighted by Crippen LogP contribution is -2.28. The quantitative estimate of drug-likeness (QED) is 0.608. The molecule has 2 N–H and O–H groups in total. The Bertz CT molecular complexity index is 435. The first kappa shape index (κ1) is 12.6. The van der Waals surface area contributed by atoms with E-state index in [-0.39, 0.29) is 11.4 Å². The molecule has 1 amide bonds. The normalized spacial score (nSPS) is 9.29. The number of amides is 1. The summed E-state index contributed by atoms with van der Waals surface area (Å²) < 4.78 is 9.19. The molecule has 0 bridgehead atoms. The van der Waals surface area contributed by atoms with Gasteiger partial charge < -0.3 is 9.47 Å². The molecular weight excluding hydrogens is 230 g/mol. The zero-order valence-corrected chi connectivity index (χ0v) is 9.22. The van der Waals surface area contributed by atoms with Gasteiger partial charge in [-0.3, -0.25) is 15.5 Å². The van der Waals surface area contributed by atoms with Crippen LogP contribution in [-0.4, -0.2) is 25.2 Å². The monoisotopic (exact) mass is 241 g/mol. The molecule has 0 radical (unpaired) electrons. The molecule has 0 spiro atoms. The average molecular weight is 241 g/mol. The van der Waals surface area contributed by atoms with Crippen molar-refractivity contribution in [2.75, 3.05) is 19.6 Å². The number of nitro groups is 1. The fraction of sp³-hybridized carbons (Fsp3) is 0.222. The minimum atomic E-state index is -0.678. The molecule has 0 aromatic heterocycles. The number of carbonyl (C=O) groups excluding carboxylic acids is 1. The molecule has 0 heterocycles. The van der Waals surface area contributed by atoms with Gasteiger partial charge >= 0.3 is 11.8 Å². The van der Waals surface area contributed by atoms with Crippen LogP contribution >= 0.6 is 0 Å². The highest BCUT2D eigenvalue weighted by molar-refractivity contribution is 5.69. The maximum absolute atomic E-state index is 10.8. The van der Waals surface area contributed by atoms with Crippen LogP contribution in [-0.2, 0) is 4.74 Å². The zero-order chi connectivity index (χ0) is 12.8. The van der Waals surface area contributed by atoms with Crippen LogP contribution in [0.1, 0.15) is 0 Å². The predicted molar refractivity (Wildman–Crippen MR) is 58.8 cm³/mol. The minimum Gasteiger partial charge on any atom is -0.490 e. The zero-order valence-electron chi connectivity index (χ0n) is 9.22. The van der Waals surface area contributed by atoms with Crippen LogP contribution < -0.4 is 15.6 Å². The molecule has 1 aromatic rings. The van der Waals surface area contributed by atoms with E-state index in [2.05, 4.69) is 15.6 Å². The van der Waals surface area contributed by atoms with Gasteiger partial charge in [0.2, 0.25) is 0 Å². The van der Waals surface area contributed by atoms with Gasteiger partial charge in [0.25, 0.3) is 0 Å². The van der Waals surface area contributed by atoms with Crippen molar-refractivity contribution in [3.8, 4) is 5.75 Å². The first-order valence-electron chi connectivity index (χ1n) is 4.51. The second kappa shape index (κ2) is 5.54. The van der Waals surface area contributed by atoms with E-state index in [1.165, 1.54) is 32.4 Å². The molecule has 0 atom stereocenters. The molecule has 92 valence electrons. The van der Waals surface area contributed by atoms with Crippen molar-refractivity contribution in [3.63, 3.8) is 0 Å². The van der Waals surface area contributed by atoms with Crippen molar-refractivity contribution in [2.24, 2.45) is 0 Å². The van der Waals surface area contributed by atoms with Gasteiger partial charge in [0, 0.05) is 12.1 Å². The van der Waals surface area contributed by atoms with E-state index < -0.39 is 11.0 Å². The largest absolute Gasteiger partial charge is 0.490 e. The summed E-state index contributed by atoms with van der Waals surface area (Å²) in [5, 5.41) is 10.6. The molecule has 0 aliphatic carbocycles. The van der Waals surface area contributed by atoms with Crippen molar-refractivity contribution in [1.29, 1.82) is 0 Å². The first-order valence-corrected chi connectivity index (χ1v) is 4.51. The van der Waals surface area contributed by atoms with E-state index in [1.54, 1.807) is 0 Å². The third-order valence-electron chi connectivity index (χ3n) is 1.87. The van der Waals surface area contributed by atoms with Crippen LogP contribution in [0.3, 0.4) is 0 Å². The summed E-state index contributed by atoms with van der Waals surface area (Å²) in [6.45, 7) is 0. The summed E-state index contributed by atoms with van der Waals surface area (Å²) >= 11 is 0. The maximum atomic E-state index is 10.8. The Morgan fingerprint density at radius 3 is 2.65 bits per heavy atom. The number of anilines is 1. The molecule has 17 heavy (non-hydrogen) atoms. The van der Waals surface area contributed by atoms with Gasteiger partial charge in [-0.2, -0.15) is 0 Å². The van der Waals surface area contributed by atoms with Crippen LogP contribution in [0.2, 0.25) is 0 Å². The molecule has 8 heteroatoms. The lowest BCUT2D eigenvalue weighted by molar-refractivity contribution is -0.385. The fourth-order valence-electron chi connectivity index (χ4n) is 1.08. The van der Waals surface area contributed by atoms with Crippen molar-refractivity contribution in [3.05, 3.63) is 28.3 Å². The second-order valence-electron chi connectivity index (χ2n) is 2.89. The smallest absolute Gasteiger partial charge is 0.425 e. The number of ether oxygens (including phenoxy) is 2. The third kappa shape index (κ3) is 3.23.